The maximum Gasteiger partial charge on any atom is 0.260 e. The van der Waals surface area contributed by atoms with Crippen LogP contribution in [-0.2, 0) is 4.79 Å². The third-order valence-corrected chi connectivity index (χ3v) is 4.46. The predicted octanol–water partition coefficient (Wildman–Crippen LogP) is 2.97. The standard InChI is InChI=1S/C15H20Cl2N2O2/c1-10(21-13-5-3-4-12(16)14(13)17)15(20)18-11-6-8-19(2)9-7-11/h3-5,10-11H,6-9H2,1-2H3,(H,18,20)/t10-/m1/s1. The molecular weight excluding hydrogens is 311 g/mol. The zero-order valence-electron chi connectivity index (χ0n) is 12.2. The zero-order valence-corrected chi connectivity index (χ0v) is 13.7. The molecule has 1 aliphatic heterocycles. The molecule has 21 heavy (non-hydrogen) atoms. The van der Waals surface area contributed by atoms with Gasteiger partial charge in [0.25, 0.3) is 5.91 Å². The third kappa shape index (κ3) is 4.50. The summed E-state index contributed by atoms with van der Waals surface area (Å²) in [5, 5.41) is 3.77. The van der Waals surface area contributed by atoms with Crippen LogP contribution in [0.1, 0.15) is 19.8 Å². The number of amides is 1. The summed E-state index contributed by atoms with van der Waals surface area (Å²) in [6.07, 6.45) is 1.32. The Labute approximate surface area is 135 Å². The fourth-order valence-electron chi connectivity index (χ4n) is 2.29. The highest BCUT2D eigenvalue weighted by molar-refractivity contribution is 6.42. The van der Waals surface area contributed by atoms with Crippen LogP contribution in [0.5, 0.6) is 5.75 Å². The highest BCUT2D eigenvalue weighted by Crippen LogP contribution is 2.32. The van der Waals surface area contributed by atoms with Crippen LogP contribution in [0.15, 0.2) is 18.2 Å². The quantitative estimate of drug-likeness (QED) is 0.922. The normalized spacial score (nSPS) is 18.3. The van der Waals surface area contributed by atoms with Gasteiger partial charge in [0.1, 0.15) is 10.8 Å². The molecule has 4 nitrogen and oxygen atoms in total. The van der Waals surface area contributed by atoms with E-state index in [1.54, 1.807) is 25.1 Å². The van der Waals surface area contributed by atoms with Gasteiger partial charge in [0.05, 0.1) is 5.02 Å². The molecule has 1 aromatic rings. The maximum absolute atomic E-state index is 12.2. The molecule has 116 valence electrons. The lowest BCUT2D eigenvalue weighted by atomic mass is 10.1. The van der Waals surface area contributed by atoms with Crippen molar-refractivity contribution >= 4 is 29.1 Å². The Kier molecular flexibility index (Phi) is 5.73. The van der Waals surface area contributed by atoms with Gasteiger partial charge in [-0.3, -0.25) is 4.79 Å². The molecule has 0 aliphatic carbocycles. The van der Waals surface area contributed by atoms with Crippen LogP contribution >= 0.6 is 23.2 Å². The highest BCUT2D eigenvalue weighted by Gasteiger charge is 2.22. The first kappa shape index (κ1) is 16.4. The Bertz CT molecular complexity index is 502. The Morgan fingerprint density at radius 2 is 2.05 bits per heavy atom. The largest absolute Gasteiger partial charge is 0.479 e. The van der Waals surface area contributed by atoms with Crippen molar-refractivity contribution in [1.82, 2.24) is 10.2 Å². The van der Waals surface area contributed by atoms with Crippen LogP contribution in [0.2, 0.25) is 10.0 Å². The smallest absolute Gasteiger partial charge is 0.260 e. The molecule has 1 saturated heterocycles. The van der Waals surface area contributed by atoms with Crippen molar-refractivity contribution in [2.24, 2.45) is 0 Å². The number of likely N-dealkylation sites (tertiary alicyclic amines) is 1. The van der Waals surface area contributed by atoms with Crippen molar-refractivity contribution in [3.63, 3.8) is 0 Å². The number of halogens is 2. The number of hydrogen-bond donors (Lipinski definition) is 1. The summed E-state index contributed by atoms with van der Waals surface area (Å²) < 4.78 is 5.61. The van der Waals surface area contributed by atoms with E-state index in [2.05, 4.69) is 17.3 Å². The minimum absolute atomic E-state index is 0.124. The second kappa shape index (κ2) is 7.34. The van der Waals surface area contributed by atoms with E-state index in [9.17, 15) is 4.79 Å². The second-order valence-electron chi connectivity index (χ2n) is 5.40. The van der Waals surface area contributed by atoms with Crippen LogP contribution in [0.3, 0.4) is 0 Å². The van der Waals surface area contributed by atoms with Crippen molar-refractivity contribution in [2.45, 2.75) is 31.9 Å². The predicted molar refractivity (Wildman–Crippen MR) is 85.2 cm³/mol. The Morgan fingerprint density at radius 1 is 1.38 bits per heavy atom. The van der Waals surface area contributed by atoms with Gasteiger partial charge in [-0.2, -0.15) is 0 Å². The van der Waals surface area contributed by atoms with E-state index >= 15 is 0 Å². The van der Waals surface area contributed by atoms with Gasteiger partial charge in [-0.15, -0.1) is 0 Å². The van der Waals surface area contributed by atoms with Gasteiger partial charge in [-0.1, -0.05) is 29.3 Å². The molecule has 0 unspecified atom stereocenters. The average molecular weight is 331 g/mol. The second-order valence-corrected chi connectivity index (χ2v) is 6.18. The molecule has 0 saturated carbocycles. The monoisotopic (exact) mass is 330 g/mol. The van der Waals surface area contributed by atoms with Gasteiger partial charge >= 0.3 is 0 Å². The number of ether oxygens (including phenoxy) is 1. The fraction of sp³-hybridized carbons (Fsp3) is 0.533. The fourth-order valence-corrected chi connectivity index (χ4v) is 2.63. The SMILES string of the molecule is C[C@@H](Oc1cccc(Cl)c1Cl)C(=O)NC1CCN(C)CC1. The summed E-state index contributed by atoms with van der Waals surface area (Å²) in [5.41, 5.74) is 0. The Balaban J connectivity index is 1.89. The molecule has 1 heterocycles. The lowest BCUT2D eigenvalue weighted by Crippen LogP contribution is -2.47. The number of hydrogen-bond acceptors (Lipinski definition) is 3. The molecule has 1 aliphatic rings. The van der Waals surface area contributed by atoms with Gasteiger partial charge in [0.2, 0.25) is 0 Å². The maximum atomic E-state index is 12.2. The molecule has 1 N–H and O–H groups in total. The number of benzene rings is 1. The van der Waals surface area contributed by atoms with E-state index in [-0.39, 0.29) is 11.9 Å². The molecular formula is C15H20Cl2N2O2. The zero-order chi connectivity index (χ0) is 15.4. The van der Waals surface area contributed by atoms with Crippen LogP contribution in [0.25, 0.3) is 0 Å². The average Bonchev–Trinajstić information content (AvgIpc) is 2.46. The molecule has 6 heteroatoms. The number of nitrogens with one attached hydrogen (secondary N) is 1. The van der Waals surface area contributed by atoms with E-state index in [0.29, 0.717) is 15.8 Å². The number of carbonyl (C=O) groups is 1. The highest BCUT2D eigenvalue weighted by atomic mass is 35.5. The van der Waals surface area contributed by atoms with E-state index in [0.717, 1.165) is 25.9 Å². The number of carbonyl (C=O) groups excluding carboxylic acids is 1. The van der Waals surface area contributed by atoms with E-state index in [1.807, 2.05) is 0 Å². The summed E-state index contributed by atoms with van der Waals surface area (Å²) >= 11 is 12.0. The lowest BCUT2D eigenvalue weighted by Gasteiger charge is -2.30. The van der Waals surface area contributed by atoms with Crippen molar-refractivity contribution in [3.8, 4) is 5.75 Å². The van der Waals surface area contributed by atoms with Gasteiger partial charge in [0.15, 0.2) is 6.10 Å². The van der Waals surface area contributed by atoms with E-state index < -0.39 is 6.10 Å². The Morgan fingerprint density at radius 3 is 2.71 bits per heavy atom. The van der Waals surface area contributed by atoms with Crippen LogP contribution < -0.4 is 10.1 Å². The molecule has 2 rings (SSSR count). The summed E-state index contributed by atoms with van der Waals surface area (Å²) in [7, 11) is 2.09. The Hall–Kier alpha value is -0.970. The molecule has 1 aromatic carbocycles. The molecule has 0 aromatic heterocycles. The minimum atomic E-state index is -0.611. The van der Waals surface area contributed by atoms with Gasteiger partial charge in [0, 0.05) is 6.04 Å². The number of rotatable bonds is 4. The molecule has 1 fully saturated rings. The van der Waals surface area contributed by atoms with Crippen molar-refractivity contribution in [2.75, 3.05) is 20.1 Å². The summed E-state index contributed by atoms with van der Waals surface area (Å²) in [6, 6.07) is 5.34. The molecule has 1 atom stereocenters. The first-order valence-corrected chi connectivity index (χ1v) is 7.82. The summed E-state index contributed by atoms with van der Waals surface area (Å²) in [5.74, 6) is 0.302. The van der Waals surface area contributed by atoms with Crippen molar-refractivity contribution in [3.05, 3.63) is 28.2 Å². The topological polar surface area (TPSA) is 41.6 Å². The van der Waals surface area contributed by atoms with Crippen LogP contribution in [-0.4, -0.2) is 43.1 Å². The minimum Gasteiger partial charge on any atom is -0.479 e. The lowest BCUT2D eigenvalue weighted by molar-refractivity contribution is -0.128. The summed E-state index contributed by atoms with van der Waals surface area (Å²) in [4.78, 5) is 14.4. The van der Waals surface area contributed by atoms with E-state index in [4.69, 9.17) is 27.9 Å². The van der Waals surface area contributed by atoms with Gasteiger partial charge in [-0.05, 0) is 52.0 Å². The van der Waals surface area contributed by atoms with E-state index in [1.165, 1.54) is 0 Å². The van der Waals surface area contributed by atoms with Gasteiger partial charge < -0.3 is 15.0 Å². The summed E-state index contributed by atoms with van der Waals surface area (Å²) in [6.45, 7) is 3.71. The number of nitrogens with zero attached hydrogens (tertiary/aromatic N) is 1. The first-order valence-electron chi connectivity index (χ1n) is 7.07. The van der Waals surface area contributed by atoms with Crippen molar-refractivity contribution < 1.29 is 9.53 Å². The van der Waals surface area contributed by atoms with Gasteiger partial charge in [-0.25, -0.2) is 0 Å². The van der Waals surface area contributed by atoms with Crippen molar-refractivity contribution in [1.29, 1.82) is 0 Å². The van der Waals surface area contributed by atoms with Crippen LogP contribution in [0, 0.1) is 0 Å². The number of piperidine rings is 1. The van der Waals surface area contributed by atoms with Crippen LogP contribution in [0.4, 0.5) is 0 Å². The first-order chi connectivity index (χ1) is 9.97. The third-order valence-electron chi connectivity index (χ3n) is 3.65. The molecule has 0 radical (unpaired) electrons. The molecule has 1 amide bonds. The molecule has 0 spiro atoms. The molecule has 0 bridgehead atoms.